The fourth-order valence-corrected chi connectivity index (χ4v) is 4.68. The SMILES string of the molecule is CCOC(=O)C1(C[C@@H]2CCCCO2)CCN(C(=O)Nc2cccc(SC)c2)CC1. The lowest BCUT2D eigenvalue weighted by atomic mass is 9.73. The molecule has 1 atom stereocenters. The molecule has 0 bridgehead atoms. The summed E-state index contributed by atoms with van der Waals surface area (Å²) >= 11 is 1.64. The molecule has 160 valence electrons. The van der Waals surface area contributed by atoms with Crippen LogP contribution in [0.2, 0.25) is 0 Å². The number of rotatable bonds is 6. The highest BCUT2D eigenvalue weighted by molar-refractivity contribution is 7.98. The van der Waals surface area contributed by atoms with E-state index in [1.165, 1.54) is 0 Å². The second-order valence-corrected chi connectivity index (χ2v) is 8.72. The first-order chi connectivity index (χ1) is 14.1. The van der Waals surface area contributed by atoms with E-state index in [1.54, 1.807) is 16.7 Å². The molecule has 2 heterocycles. The van der Waals surface area contributed by atoms with Crippen molar-refractivity contribution in [2.45, 2.75) is 56.4 Å². The number of esters is 1. The van der Waals surface area contributed by atoms with Crippen LogP contribution in [0.5, 0.6) is 0 Å². The summed E-state index contributed by atoms with van der Waals surface area (Å²) in [5, 5.41) is 2.98. The van der Waals surface area contributed by atoms with Gasteiger partial charge in [0.05, 0.1) is 18.1 Å². The van der Waals surface area contributed by atoms with Crippen molar-refractivity contribution in [1.82, 2.24) is 4.90 Å². The Morgan fingerprint density at radius 3 is 2.76 bits per heavy atom. The van der Waals surface area contributed by atoms with Gasteiger partial charge in [-0.05, 0) is 69.9 Å². The van der Waals surface area contributed by atoms with Gasteiger partial charge in [-0.3, -0.25) is 4.79 Å². The molecule has 29 heavy (non-hydrogen) atoms. The van der Waals surface area contributed by atoms with Gasteiger partial charge in [-0.25, -0.2) is 4.79 Å². The van der Waals surface area contributed by atoms with E-state index in [-0.39, 0.29) is 18.1 Å². The molecule has 6 nitrogen and oxygen atoms in total. The number of anilines is 1. The molecule has 2 amide bonds. The number of ether oxygens (including phenoxy) is 2. The summed E-state index contributed by atoms with van der Waals surface area (Å²) in [5.41, 5.74) is 0.243. The number of urea groups is 1. The first kappa shape index (κ1) is 22.0. The lowest BCUT2D eigenvalue weighted by Crippen LogP contribution is -2.49. The molecule has 2 aliphatic heterocycles. The summed E-state index contributed by atoms with van der Waals surface area (Å²) in [5.74, 6) is -0.137. The van der Waals surface area contributed by atoms with Gasteiger partial charge in [0.15, 0.2) is 0 Å². The number of nitrogens with zero attached hydrogens (tertiary/aromatic N) is 1. The van der Waals surface area contributed by atoms with Crippen LogP contribution in [-0.4, -0.2) is 55.6 Å². The number of carbonyl (C=O) groups excluding carboxylic acids is 2. The standard InChI is InChI=1S/C22H32N2O4S/c1-3-27-20(25)22(16-18-8-4-5-14-28-18)10-12-24(13-11-22)21(26)23-17-7-6-9-19(15-17)29-2/h6-7,9,15,18H,3-5,8,10-14,16H2,1-2H3,(H,23,26)/t18-/m0/s1. The molecular weight excluding hydrogens is 388 g/mol. The molecule has 2 aliphatic rings. The zero-order valence-electron chi connectivity index (χ0n) is 17.4. The number of benzene rings is 1. The minimum Gasteiger partial charge on any atom is -0.466 e. The summed E-state index contributed by atoms with van der Waals surface area (Å²) in [6.07, 6.45) is 7.28. The molecule has 3 rings (SSSR count). The summed E-state index contributed by atoms with van der Waals surface area (Å²) in [7, 11) is 0. The maximum Gasteiger partial charge on any atom is 0.321 e. The Morgan fingerprint density at radius 1 is 1.31 bits per heavy atom. The van der Waals surface area contributed by atoms with Crippen LogP contribution in [0.4, 0.5) is 10.5 Å². The number of carbonyl (C=O) groups is 2. The molecular formula is C22H32N2O4S. The third-order valence-corrected chi connectivity index (χ3v) is 6.65. The van der Waals surface area contributed by atoms with Gasteiger partial charge in [-0.2, -0.15) is 0 Å². The molecule has 1 aromatic carbocycles. The normalized spacial score (nSPS) is 21.4. The van der Waals surface area contributed by atoms with E-state index < -0.39 is 5.41 Å². The summed E-state index contributed by atoms with van der Waals surface area (Å²) < 4.78 is 11.3. The Hall–Kier alpha value is -1.73. The Morgan fingerprint density at radius 2 is 2.10 bits per heavy atom. The average molecular weight is 421 g/mol. The Balaban J connectivity index is 1.62. The van der Waals surface area contributed by atoms with E-state index in [0.717, 1.165) is 36.5 Å². The van der Waals surface area contributed by atoms with E-state index >= 15 is 0 Å². The van der Waals surface area contributed by atoms with Gasteiger partial charge in [0.25, 0.3) is 0 Å². The van der Waals surface area contributed by atoms with Crippen molar-refractivity contribution in [2.24, 2.45) is 5.41 Å². The van der Waals surface area contributed by atoms with Crippen LogP contribution >= 0.6 is 11.8 Å². The van der Waals surface area contributed by atoms with Gasteiger partial charge < -0.3 is 19.7 Å². The Labute approximate surface area is 177 Å². The first-order valence-corrected chi connectivity index (χ1v) is 11.8. The number of nitrogens with one attached hydrogen (secondary N) is 1. The molecule has 2 saturated heterocycles. The molecule has 1 aromatic rings. The number of hydrogen-bond donors (Lipinski definition) is 1. The number of thioether (sulfide) groups is 1. The zero-order chi connectivity index (χ0) is 20.7. The second kappa shape index (κ2) is 10.3. The van der Waals surface area contributed by atoms with Gasteiger partial charge in [0.1, 0.15) is 0 Å². The molecule has 2 fully saturated rings. The molecule has 7 heteroatoms. The topological polar surface area (TPSA) is 67.9 Å². The second-order valence-electron chi connectivity index (χ2n) is 7.84. The molecule has 0 unspecified atom stereocenters. The quantitative estimate of drug-likeness (QED) is 0.540. The summed E-state index contributed by atoms with van der Waals surface area (Å²) in [6, 6.07) is 7.70. The molecule has 0 saturated carbocycles. The Kier molecular flexibility index (Phi) is 7.84. The maximum absolute atomic E-state index is 12.8. The molecule has 0 aromatic heterocycles. The zero-order valence-corrected chi connectivity index (χ0v) is 18.3. The summed E-state index contributed by atoms with van der Waals surface area (Å²) in [4.78, 5) is 28.5. The summed E-state index contributed by atoms with van der Waals surface area (Å²) in [6.45, 7) is 4.07. The van der Waals surface area contributed by atoms with Gasteiger partial charge >= 0.3 is 12.0 Å². The number of hydrogen-bond acceptors (Lipinski definition) is 5. The van der Waals surface area contributed by atoms with Crippen molar-refractivity contribution in [3.63, 3.8) is 0 Å². The third kappa shape index (κ3) is 5.66. The molecule has 0 radical (unpaired) electrons. The van der Waals surface area contributed by atoms with E-state index in [2.05, 4.69) is 5.32 Å². The van der Waals surface area contributed by atoms with Crippen molar-refractivity contribution < 1.29 is 19.1 Å². The minimum atomic E-state index is -0.548. The van der Waals surface area contributed by atoms with Crippen LogP contribution in [-0.2, 0) is 14.3 Å². The first-order valence-electron chi connectivity index (χ1n) is 10.5. The minimum absolute atomic E-state index is 0.114. The van der Waals surface area contributed by atoms with Gasteiger partial charge in [-0.15, -0.1) is 11.8 Å². The average Bonchev–Trinajstić information content (AvgIpc) is 2.75. The number of amides is 2. The van der Waals surface area contributed by atoms with Crippen molar-refractivity contribution in [2.75, 3.05) is 37.9 Å². The van der Waals surface area contributed by atoms with Crippen LogP contribution in [0.15, 0.2) is 29.2 Å². The van der Waals surface area contributed by atoms with Crippen LogP contribution in [0.3, 0.4) is 0 Å². The van der Waals surface area contributed by atoms with Crippen molar-refractivity contribution in [3.8, 4) is 0 Å². The van der Waals surface area contributed by atoms with E-state index in [4.69, 9.17) is 9.47 Å². The van der Waals surface area contributed by atoms with Crippen LogP contribution in [0, 0.1) is 5.41 Å². The van der Waals surface area contributed by atoms with Crippen LogP contribution in [0.25, 0.3) is 0 Å². The predicted octanol–water partition coefficient (Wildman–Crippen LogP) is 4.54. The number of likely N-dealkylation sites (tertiary alicyclic amines) is 1. The largest absolute Gasteiger partial charge is 0.466 e. The predicted molar refractivity (Wildman–Crippen MR) is 115 cm³/mol. The highest BCUT2D eigenvalue weighted by atomic mass is 32.2. The van der Waals surface area contributed by atoms with Crippen LogP contribution in [0.1, 0.15) is 45.4 Å². The van der Waals surface area contributed by atoms with E-state index in [0.29, 0.717) is 39.0 Å². The third-order valence-electron chi connectivity index (χ3n) is 5.93. The van der Waals surface area contributed by atoms with Gasteiger partial charge in [-0.1, -0.05) is 6.07 Å². The smallest absolute Gasteiger partial charge is 0.321 e. The monoisotopic (exact) mass is 420 g/mol. The van der Waals surface area contributed by atoms with E-state index in [9.17, 15) is 9.59 Å². The highest BCUT2D eigenvalue weighted by Gasteiger charge is 2.45. The van der Waals surface area contributed by atoms with Crippen molar-refractivity contribution in [3.05, 3.63) is 24.3 Å². The van der Waals surface area contributed by atoms with Crippen molar-refractivity contribution in [1.29, 1.82) is 0 Å². The molecule has 0 aliphatic carbocycles. The fourth-order valence-electron chi connectivity index (χ4n) is 4.22. The fraction of sp³-hybridized carbons (Fsp3) is 0.636. The van der Waals surface area contributed by atoms with Crippen LogP contribution < -0.4 is 5.32 Å². The lowest BCUT2D eigenvalue weighted by Gasteiger charge is -2.42. The Bertz CT molecular complexity index is 698. The van der Waals surface area contributed by atoms with Gasteiger partial charge in [0, 0.05) is 30.3 Å². The van der Waals surface area contributed by atoms with Crippen molar-refractivity contribution >= 4 is 29.4 Å². The number of piperidine rings is 1. The molecule has 0 spiro atoms. The lowest BCUT2D eigenvalue weighted by molar-refractivity contribution is -0.162. The maximum atomic E-state index is 12.8. The molecule has 1 N–H and O–H groups in total. The highest BCUT2D eigenvalue weighted by Crippen LogP contribution is 2.40. The van der Waals surface area contributed by atoms with E-state index in [1.807, 2.05) is 37.4 Å². The van der Waals surface area contributed by atoms with Gasteiger partial charge in [0.2, 0.25) is 0 Å².